The second kappa shape index (κ2) is 5.33. The van der Waals surface area contributed by atoms with Crippen LogP contribution in [0.3, 0.4) is 0 Å². The number of nitrogens with zero attached hydrogens (tertiary/aromatic N) is 5. The standard InChI is InChI=1S/C11H7F3N6OS/c12-11(13,14)9-17-18-10-20(9)19-7(22-10)5-16-8(21)6-1-3-15-4-2-6/h1-4H,5H2,(H,16,21). The summed E-state index contributed by atoms with van der Waals surface area (Å²) in [6.45, 7) is -0.00746. The zero-order valence-electron chi connectivity index (χ0n) is 10.7. The number of halogens is 3. The molecule has 3 aromatic heterocycles. The van der Waals surface area contributed by atoms with Crippen molar-refractivity contribution < 1.29 is 18.0 Å². The SMILES string of the molecule is O=C(NCc1nn2c(C(F)(F)F)nnc2s1)c1ccncc1. The summed E-state index contributed by atoms with van der Waals surface area (Å²) < 4.78 is 38.6. The van der Waals surface area contributed by atoms with Crippen LogP contribution in [0.2, 0.25) is 0 Å². The van der Waals surface area contributed by atoms with Gasteiger partial charge in [0.25, 0.3) is 11.7 Å². The first kappa shape index (κ1) is 14.4. The molecule has 0 bridgehead atoms. The highest BCUT2D eigenvalue weighted by molar-refractivity contribution is 7.16. The second-order valence-electron chi connectivity index (χ2n) is 4.13. The fraction of sp³-hybridized carbons (Fsp3) is 0.182. The van der Waals surface area contributed by atoms with Crippen molar-refractivity contribution >= 4 is 22.2 Å². The summed E-state index contributed by atoms with van der Waals surface area (Å²) in [5.74, 6) is -1.56. The van der Waals surface area contributed by atoms with Crippen molar-refractivity contribution in [3.63, 3.8) is 0 Å². The van der Waals surface area contributed by atoms with Crippen LogP contribution in [0.4, 0.5) is 13.2 Å². The molecule has 0 atom stereocenters. The van der Waals surface area contributed by atoms with Gasteiger partial charge in [-0.1, -0.05) is 11.3 Å². The molecule has 0 fully saturated rings. The quantitative estimate of drug-likeness (QED) is 0.788. The van der Waals surface area contributed by atoms with Crippen LogP contribution in [0.5, 0.6) is 0 Å². The summed E-state index contributed by atoms with van der Waals surface area (Å²) >= 11 is 0.923. The van der Waals surface area contributed by atoms with Crippen molar-refractivity contribution in [2.75, 3.05) is 0 Å². The Morgan fingerprint density at radius 2 is 2.00 bits per heavy atom. The van der Waals surface area contributed by atoms with Gasteiger partial charge < -0.3 is 5.32 Å². The third kappa shape index (κ3) is 2.74. The van der Waals surface area contributed by atoms with E-state index in [2.05, 4.69) is 25.6 Å². The van der Waals surface area contributed by atoms with Crippen LogP contribution in [0.25, 0.3) is 4.96 Å². The van der Waals surface area contributed by atoms with Crippen molar-refractivity contribution in [2.24, 2.45) is 0 Å². The summed E-state index contributed by atoms with van der Waals surface area (Å²) in [7, 11) is 0. The van der Waals surface area contributed by atoms with Crippen LogP contribution in [-0.4, -0.2) is 30.7 Å². The number of hydrogen-bond acceptors (Lipinski definition) is 6. The van der Waals surface area contributed by atoms with E-state index in [0.29, 0.717) is 10.1 Å². The van der Waals surface area contributed by atoms with Gasteiger partial charge in [0.05, 0.1) is 6.54 Å². The maximum atomic E-state index is 12.7. The van der Waals surface area contributed by atoms with Gasteiger partial charge in [0.1, 0.15) is 5.01 Å². The molecule has 0 radical (unpaired) electrons. The molecule has 1 N–H and O–H groups in total. The number of pyridine rings is 1. The van der Waals surface area contributed by atoms with E-state index in [9.17, 15) is 18.0 Å². The number of fused-ring (bicyclic) bond motifs is 1. The zero-order valence-corrected chi connectivity index (χ0v) is 11.5. The summed E-state index contributed by atoms with van der Waals surface area (Å²) in [6, 6.07) is 3.05. The number of nitrogens with one attached hydrogen (secondary N) is 1. The zero-order chi connectivity index (χ0) is 15.7. The van der Waals surface area contributed by atoms with E-state index in [4.69, 9.17) is 0 Å². The molecule has 114 valence electrons. The van der Waals surface area contributed by atoms with Gasteiger partial charge in [-0.3, -0.25) is 9.78 Å². The van der Waals surface area contributed by atoms with Crippen molar-refractivity contribution in [1.29, 1.82) is 0 Å². The van der Waals surface area contributed by atoms with Gasteiger partial charge in [-0.25, -0.2) is 0 Å². The van der Waals surface area contributed by atoms with Crippen LogP contribution < -0.4 is 5.32 Å². The molecule has 0 spiro atoms. The number of aromatic nitrogens is 5. The van der Waals surface area contributed by atoms with Crippen LogP contribution in [0.1, 0.15) is 21.2 Å². The Labute approximate surface area is 124 Å². The average Bonchev–Trinajstić information content (AvgIpc) is 3.04. The first-order valence-electron chi connectivity index (χ1n) is 5.91. The van der Waals surface area contributed by atoms with Gasteiger partial charge in [0, 0.05) is 18.0 Å². The number of carbonyl (C=O) groups is 1. The number of amides is 1. The summed E-state index contributed by atoms with van der Waals surface area (Å²) in [4.78, 5) is 15.6. The lowest BCUT2D eigenvalue weighted by Crippen LogP contribution is -2.22. The molecular formula is C11H7F3N6OS. The summed E-state index contributed by atoms with van der Waals surface area (Å²) in [5.41, 5.74) is 0.397. The van der Waals surface area contributed by atoms with E-state index in [1.165, 1.54) is 24.5 Å². The van der Waals surface area contributed by atoms with Gasteiger partial charge in [0.2, 0.25) is 4.96 Å². The van der Waals surface area contributed by atoms with E-state index in [0.717, 1.165) is 11.3 Å². The molecule has 0 saturated heterocycles. The Morgan fingerprint density at radius 1 is 1.27 bits per heavy atom. The van der Waals surface area contributed by atoms with Crippen molar-refractivity contribution in [3.05, 3.63) is 40.9 Å². The summed E-state index contributed by atoms with van der Waals surface area (Å²) in [5, 5.41) is 13.1. The summed E-state index contributed by atoms with van der Waals surface area (Å²) in [6.07, 6.45) is -1.70. The first-order valence-corrected chi connectivity index (χ1v) is 6.73. The monoisotopic (exact) mass is 328 g/mol. The normalized spacial score (nSPS) is 11.8. The average molecular weight is 328 g/mol. The van der Waals surface area contributed by atoms with Gasteiger partial charge in [-0.15, -0.1) is 10.2 Å². The highest BCUT2D eigenvalue weighted by atomic mass is 32.1. The third-order valence-corrected chi connectivity index (χ3v) is 3.53. The van der Waals surface area contributed by atoms with Crippen LogP contribution in [0, 0.1) is 0 Å². The third-order valence-electron chi connectivity index (χ3n) is 2.63. The lowest BCUT2D eigenvalue weighted by atomic mass is 10.2. The van der Waals surface area contributed by atoms with E-state index < -0.39 is 12.0 Å². The molecule has 0 saturated carbocycles. The van der Waals surface area contributed by atoms with Gasteiger partial charge in [-0.05, 0) is 12.1 Å². The fourth-order valence-corrected chi connectivity index (χ4v) is 2.44. The highest BCUT2D eigenvalue weighted by Crippen LogP contribution is 2.28. The molecule has 0 unspecified atom stereocenters. The Balaban J connectivity index is 1.75. The lowest BCUT2D eigenvalue weighted by Gasteiger charge is -2.02. The van der Waals surface area contributed by atoms with Crippen LogP contribution in [-0.2, 0) is 12.7 Å². The Hall–Kier alpha value is -2.56. The molecule has 3 heterocycles. The predicted molar refractivity (Wildman–Crippen MR) is 69.1 cm³/mol. The largest absolute Gasteiger partial charge is 0.453 e. The van der Waals surface area contributed by atoms with E-state index in [1.54, 1.807) is 0 Å². The van der Waals surface area contributed by atoms with Crippen molar-refractivity contribution in [1.82, 2.24) is 30.1 Å². The lowest BCUT2D eigenvalue weighted by molar-refractivity contribution is -0.146. The number of alkyl halides is 3. The van der Waals surface area contributed by atoms with E-state index in [-0.39, 0.29) is 22.4 Å². The first-order chi connectivity index (χ1) is 10.4. The van der Waals surface area contributed by atoms with Crippen LogP contribution in [0.15, 0.2) is 24.5 Å². The van der Waals surface area contributed by atoms with Crippen LogP contribution >= 0.6 is 11.3 Å². The molecule has 3 aromatic rings. The van der Waals surface area contributed by atoms with Crippen molar-refractivity contribution in [3.8, 4) is 0 Å². The Morgan fingerprint density at radius 3 is 2.68 bits per heavy atom. The molecule has 1 amide bonds. The number of hydrogen-bond donors (Lipinski definition) is 1. The van der Waals surface area contributed by atoms with Gasteiger partial charge >= 0.3 is 6.18 Å². The minimum absolute atomic E-state index is 0.00746. The Kier molecular flexibility index (Phi) is 3.48. The van der Waals surface area contributed by atoms with E-state index in [1.807, 2.05) is 0 Å². The number of rotatable bonds is 3. The Bertz CT molecular complexity index is 812. The van der Waals surface area contributed by atoms with Crippen molar-refractivity contribution in [2.45, 2.75) is 12.7 Å². The number of carbonyl (C=O) groups excluding carboxylic acids is 1. The molecule has 7 nitrogen and oxygen atoms in total. The molecule has 0 aliphatic carbocycles. The second-order valence-corrected chi connectivity index (χ2v) is 5.17. The molecule has 0 aromatic carbocycles. The molecular weight excluding hydrogens is 321 g/mol. The van der Waals surface area contributed by atoms with Gasteiger partial charge in [0.15, 0.2) is 0 Å². The topological polar surface area (TPSA) is 85.1 Å². The molecule has 3 rings (SSSR count). The van der Waals surface area contributed by atoms with E-state index >= 15 is 0 Å². The maximum absolute atomic E-state index is 12.7. The molecule has 11 heteroatoms. The molecule has 22 heavy (non-hydrogen) atoms. The maximum Gasteiger partial charge on any atom is 0.453 e. The fourth-order valence-electron chi connectivity index (χ4n) is 1.67. The minimum Gasteiger partial charge on any atom is -0.345 e. The molecule has 0 aliphatic heterocycles. The predicted octanol–water partition coefficient (Wildman–Crippen LogP) is 1.53. The highest BCUT2D eigenvalue weighted by Gasteiger charge is 2.38. The minimum atomic E-state index is -4.63. The smallest absolute Gasteiger partial charge is 0.345 e. The van der Waals surface area contributed by atoms with Gasteiger partial charge in [-0.2, -0.15) is 22.8 Å². The molecule has 0 aliphatic rings.